The molecule has 0 unspecified atom stereocenters. The van der Waals surface area contributed by atoms with Gasteiger partial charge in [0.2, 0.25) is 0 Å². The van der Waals surface area contributed by atoms with Crippen LogP contribution in [0.15, 0.2) is 24.3 Å². The Hall–Kier alpha value is -4.22. The number of nitro benzene ring substituents is 3. The van der Waals surface area contributed by atoms with Crippen molar-refractivity contribution < 1.29 is 24.4 Å². The molecule has 3 rings (SSSR count). The van der Waals surface area contributed by atoms with Gasteiger partial charge in [-0.05, 0) is 12.5 Å². The molecule has 166 valence electrons. The number of fused-ring (bicyclic) bond motifs is 3. The molecule has 1 amide bonds. The maximum absolute atomic E-state index is 12.9. The van der Waals surface area contributed by atoms with E-state index in [0.717, 1.165) is 37.5 Å². The number of carbonyl (C=O) groups is 2. The lowest BCUT2D eigenvalue weighted by atomic mass is 9.99. The van der Waals surface area contributed by atoms with E-state index in [0.29, 0.717) is 19.0 Å². The van der Waals surface area contributed by atoms with Crippen LogP contribution in [0.1, 0.15) is 58.9 Å². The van der Waals surface area contributed by atoms with Gasteiger partial charge in [0.1, 0.15) is 0 Å². The van der Waals surface area contributed by atoms with Gasteiger partial charge in [0.15, 0.2) is 5.78 Å². The van der Waals surface area contributed by atoms with E-state index in [1.807, 2.05) is 6.92 Å². The van der Waals surface area contributed by atoms with Gasteiger partial charge < -0.3 is 5.32 Å². The smallest absolute Gasteiger partial charge is 0.285 e. The summed E-state index contributed by atoms with van der Waals surface area (Å²) in [6.07, 6.45) is 3.63. The number of hydrogen-bond acceptors (Lipinski definition) is 8. The summed E-state index contributed by atoms with van der Waals surface area (Å²) in [5.41, 5.74) is -3.65. The number of nitrogens with zero attached hydrogens (tertiary/aromatic N) is 3. The van der Waals surface area contributed by atoms with Crippen LogP contribution in [0.4, 0.5) is 17.1 Å². The van der Waals surface area contributed by atoms with Gasteiger partial charge in [-0.2, -0.15) is 0 Å². The predicted molar refractivity (Wildman–Crippen MR) is 112 cm³/mol. The summed E-state index contributed by atoms with van der Waals surface area (Å²) in [6.45, 7) is 2.38. The second kappa shape index (κ2) is 8.88. The average molecular weight is 442 g/mol. The molecule has 0 aromatic heterocycles. The number of benzene rings is 2. The maximum Gasteiger partial charge on any atom is 0.285 e. The summed E-state index contributed by atoms with van der Waals surface area (Å²) in [7, 11) is 0. The molecular formula is C20H18N4O8. The minimum Gasteiger partial charge on any atom is -0.352 e. The Morgan fingerprint density at radius 1 is 0.844 bits per heavy atom. The lowest BCUT2D eigenvalue weighted by molar-refractivity contribution is -0.394. The molecule has 0 saturated heterocycles. The molecule has 0 atom stereocenters. The highest BCUT2D eigenvalue weighted by molar-refractivity contribution is 6.25. The van der Waals surface area contributed by atoms with E-state index in [2.05, 4.69) is 5.32 Å². The number of carbonyl (C=O) groups excluding carboxylic acids is 2. The van der Waals surface area contributed by atoms with Crippen molar-refractivity contribution in [3.8, 4) is 11.1 Å². The molecule has 12 nitrogen and oxygen atoms in total. The Kier molecular flexibility index (Phi) is 6.23. The highest BCUT2D eigenvalue weighted by Crippen LogP contribution is 2.48. The first-order chi connectivity index (χ1) is 15.2. The third-order valence-corrected chi connectivity index (χ3v) is 5.14. The second-order valence-electron chi connectivity index (χ2n) is 7.22. The van der Waals surface area contributed by atoms with Crippen LogP contribution >= 0.6 is 0 Å². The fourth-order valence-corrected chi connectivity index (χ4v) is 3.65. The molecule has 0 saturated carbocycles. The first-order valence-corrected chi connectivity index (χ1v) is 9.79. The summed E-state index contributed by atoms with van der Waals surface area (Å²) >= 11 is 0. The van der Waals surface area contributed by atoms with Crippen LogP contribution in [-0.4, -0.2) is 33.0 Å². The zero-order chi connectivity index (χ0) is 23.6. The molecule has 1 aliphatic carbocycles. The molecule has 1 N–H and O–H groups in total. The third-order valence-electron chi connectivity index (χ3n) is 5.14. The molecule has 12 heteroatoms. The standard InChI is InChI=1S/C20H18N4O8/c1-2-3-4-5-6-21-20(26)11-7-13-17(15(8-11)23(29)30)18-14(19(13)25)9-12(22(27)28)10-16(18)24(31)32/h7-10H,2-6H2,1H3,(H,21,26). The minimum atomic E-state index is -0.936. The van der Waals surface area contributed by atoms with E-state index in [1.165, 1.54) is 0 Å². The molecule has 0 bridgehead atoms. The average Bonchev–Trinajstić information content (AvgIpc) is 3.04. The number of unbranched alkanes of at least 4 members (excludes halogenated alkanes) is 3. The van der Waals surface area contributed by atoms with Crippen molar-refractivity contribution >= 4 is 28.8 Å². The fourth-order valence-electron chi connectivity index (χ4n) is 3.65. The normalized spacial score (nSPS) is 11.6. The van der Waals surface area contributed by atoms with Gasteiger partial charge in [-0.1, -0.05) is 26.2 Å². The molecule has 2 aromatic rings. The summed E-state index contributed by atoms with van der Waals surface area (Å²) in [6, 6.07) is 3.58. The van der Waals surface area contributed by atoms with Gasteiger partial charge in [-0.15, -0.1) is 0 Å². The van der Waals surface area contributed by atoms with Gasteiger partial charge in [0.05, 0.1) is 32.0 Å². The lowest BCUT2D eigenvalue weighted by Crippen LogP contribution is -2.24. The Morgan fingerprint density at radius 3 is 2.00 bits per heavy atom. The number of rotatable bonds is 9. The van der Waals surface area contributed by atoms with Gasteiger partial charge >= 0.3 is 0 Å². The molecule has 0 aliphatic heterocycles. The third kappa shape index (κ3) is 4.02. The van der Waals surface area contributed by atoms with Crippen LogP contribution in [-0.2, 0) is 0 Å². The molecule has 0 radical (unpaired) electrons. The Balaban J connectivity index is 2.11. The SMILES string of the molecule is CCCCCCNC(=O)c1cc2c(c([N+](=O)[O-])c1)-c1c(cc([N+](=O)[O-])cc1[N+](=O)[O-])C2=O. The fraction of sp³-hybridized carbons (Fsp3) is 0.300. The quantitative estimate of drug-likeness (QED) is 0.294. The van der Waals surface area contributed by atoms with Crippen LogP contribution in [0.2, 0.25) is 0 Å². The largest absolute Gasteiger partial charge is 0.352 e. The van der Waals surface area contributed by atoms with Crippen molar-refractivity contribution in [1.82, 2.24) is 5.32 Å². The number of amides is 1. The zero-order valence-corrected chi connectivity index (χ0v) is 17.0. The first kappa shape index (κ1) is 22.5. The number of non-ortho nitro benzene ring substituents is 1. The Morgan fingerprint density at radius 2 is 1.44 bits per heavy atom. The van der Waals surface area contributed by atoms with E-state index in [1.54, 1.807) is 0 Å². The molecule has 2 aromatic carbocycles. The number of nitrogens with one attached hydrogen (secondary N) is 1. The summed E-state index contributed by atoms with van der Waals surface area (Å²) < 4.78 is 0. The van der Waals surface area contributed by atoms with E-state index in [9.17, 15) is 39.9 Å². The van der Waals surface area contributed by atoms with E-state index >= 15 is 0 Å². The summed E-state index contributed by atoms with van der Waals surface area (Å²) in [5.74, 6) is -1.49. The van der Waals surface area contributed by atoms with Crippen molar-refractivity contribution in [2.45, 2.75) is 32.6 Å². The Labute approximate surface area is 180 Å². The molecular weight excluding hydrogens is 424 g/mol. The van der Waals surface area contributed by atoms with E-state index in [-0.39, 0.29) is 27.8 Å². The van der Waals surface area contributed by atoms with Crippen LogP contribution < -0.4 is 5.32 Å². The molecule has 1 aliphatic rings. The van der Waals surface area contributed by atoms with Gasteiger partial charge in [-0.25, -0.2) is 0 Å². The maximum atomic E-state index is 12.9. The topological polar surface area (TPSA) is 176 Å². The van der Waals surface area contributed by atoms with E-state index in [4.69, 9.17) is 0 Å². The molecule has 0 fully saturated rings. The first-order valence-electron chi connectivity index (χ1n) is 9.79. The van der Waals surface area contributed by atoms with Crippen LogP contribution in [0, 0.1) is 30.3 Å². The van der Waals surface area contributed by atoms with Crippen molar-refractivity contribution in [3.05, 3.63) is 71.3 Å². The summed E-state index contributed by atoms with van der Waals surface area (Å²) in [5, 5.41) is 37.0. The highest BCUT2D eigenvalue weighted by atomic mass is 16.6. The van der Waals surface area contributed by atoms with Crippen molar-refractivity contribution in [1.29, 1.82) is 0 Å². The second-order valence-corrected chi connectivity index (χ2v) is 7.22. The van der Waals surface area contributed by atoms with Crippen molar-refractivity contribution in [2.75, 3.05) is 6.54 Å². The zero-order valence-electron chi connectivity index (χ0n) is 17.0. The highest BCUT2D eigenvalue weighted by Gasteiger charge is 2.41. The predicted octanol–water partition coefficient (Wildman–Crippen LogP) is 3.93. The minimum absolute atomic E-state index is 0.149. The number of nitro groups is 3. The van der Waals surface area contributed by atoms with Crippen molar-refractivity contribution in [3.63, 3.8) is 0 Å². The molecule has 0 spiro atoms. The van der Waals surface area contributed by atoms with Crippen LogP contribution in [0.5, 0.6) is 0 Å². The van der Waals surface area contributed by atoms with Gasteiger partial charge in [0.25, 0.3) is 23.0 Å². The van der Waals surface area contributed by atoms with E-state index < -0.39 is 43.5 Å². The van der Waals surface area contributed by atoms with Gasteiger partial charge in [-0.3, -0.25) is 39.9 Å². The van der Waals surface area contributed by atoms with Gasteiger partial charge in [0, 0.05) is 35.4 Å². The van der Waals surface area contributed by atoms with Crippen molar-refractivity contribution in [2.24, 2.45) is 0 Å². The number of hydrogen-bond donors (Lipinski definition) is 1. The summed E-state index contributed by atoms with van der Waals surface area (Å²) in [4.78, 5) is 57.2. The molecule has 0 heterocycles. The lowest BCUT2D eigenvalue weighted by Gasteiger charge is -2.08. The molecule has 32 heavy (non-hydrogen) atoms. The monoisotopic (exact) mass is 442 g/mol. The van der Waals surface area contributed by atoms with Crippen LogP contribution in [0.25, 0.3) is 11.1 Å². The van der Waals surface area contributed by atoms with Crippen LogP contribution in [0.3, 0.4) is 0 Å². The number of ketones is 1. The Bertz CT molecular complexity index is 1170.